The molecule has 1 atom stereocenters. The number of nitrogens with zero attached hydrogens (tertiary/aromatic N) is 3. The zero-order chi connectivity index (χ0) is 10.8. The van der Waals surface area contributed by atoms with Gasteiger partial charge in [0.05, 0.1) is 0 Å². The molecule has 0 radical (unpaired) electrons. The molecule has 1 unspecified atom stereocenters. The second-order valence-corrected chi connectivity index (χ2v) is 4.30. The summed E-state index contributed by atoms with van der Waals surface area (Å²) < 4.78 is 5.09. The van der Waals surface area contributed by atoms with Crippen LogP contribution in [0.25, 0.3) is 0 Å². The van der Waals surface area contributed by atoms with Gasteiger partial charge in [0.25, 0.3) is 11.8 Å². The summed E-state index contributed by atoms with van der Waals surface area (Å²) in [6, 6.07) is 3.57. The van der Waals surface area contributed by atoms with Gasteiger partial charge in [-0.3, -0.25) is 0 Å². The van der Waals surface area contributed by atoms with E-state index in [1.54, 1.807) is 16.2 Å². The maximum atomic E-state index is 5.97. The summed E-state index contributed by atoms with van der Waals surface area (Å²) in [6.07, 6.45) is 0. The van der Waals surface area contributed by atoms with E-state index in [4.69, 9.17) is 10.3 Å². The van der Waals surface area contributed by atoms with Crippen molar-refractivity contribution in [3.8, 4) is 0 Å². The van der Waals surface area contributed by atoms with Crippen molar-refractivity contribution in [3.63, 3.8) is 0 Å². The minimum Gasteiger partial charge on any atom is -0.344 e. The topological polar surface area (TPSA) is 68.2 Å². The third-order valence-electron chi connectivity index (χ3n) is 1.95. The van der Waals surface area contributed by atoms with Crippen molar-refractivity contribution in [1.82, 2.24) is 10.1 Å². The molecule has 0 aromatic carbocycles. The molecule has 0 amide bonds. The first-order valence-electron chi connectivity index (χ1n) is 4.48. The molecule has 5 nitrogen and oxygen atoms in total. The summed E-state index contributed by atoms with van der Waals surface area (Å²) >= 11 is 1.58. The summed E-state index contributed by atoms with van der Waals surface area (Å²) in [7, 11) is 3.70. The first kappa shape index (κ1) is 10.1. The van der Waals surface area contributed by atoms with E-state index in [0.717, 1.165) is 4.88 Å². The molecule has 0 aliphatic rings. The predicted octanol–water partition coefficient (Wildman–Crippen LogP) is 1.25. The van der Waals surface area contributed by atoms with E-state index in [2.05, 4.69) is 10.1 Å². The van der Waals surface area contributed by atoms with Crippen molar-refractivity contribution in [2.24, 2.45) is 5.73 Å². The van der Waals surface area contributed by atoms with Gasteiger partial charge in [-0.1, -0.05) is 6.07 Å². The Hall–Kier alpha value is -1.40. The normalized spacial score (nSPS) is 12.7. The maximum Gasteiger partial charge on any atom is 0.265 e. The molecule has 0 spiro atoms. The molecule has 2 heterocycles. The lowest BCUT2D eigenvalue weighted by Crippen LogP contribution is -2.13. The molecule has 0 aliphatic heterocycles. The maximum absolute atomic E-state index is 5.97. The SMILES string of the molecule is CN(C)c1noc(C(N)c2cccs2)n1. The molecule has 0 saturated heterocycles. The second kappa shape index (κ2) is 4.00. The van der Waals surface area contributed by atoms with E-state index in [1.807, 2.05) is 31.6 Å². The lowest BCUT2D eigenvalue weighted by Gasteiger charge is -2.04. The fraction of sp³-hybridized carbons (Fsp3) is 0.333. The average Bonchev–Trinajstić information content (AvgIpc) is 2.88. The van der Waals surface area contributed by atoms with Gasteiger partial charge in [0.1, 0.15) is 6.04 Å². The second-order valence-electron chi connectivity index (χ2n) is 3.32. The Morgan fingerprint density at radius 1 is 1.53 bits per heavy atom. The van der Waals surface area contributed by atoms with Gasteiger partial charge in [-0.25, -0.2) is 0 Å². The van der Waals surface area contributed by atoms with Crippen molar-refractivity contribution in [1.29, 1.82) is 0 Å². The van der Waals surface area contributed by atoms with Gasteiger partial charge in [-0.05, 0) is 16.6 Å². The largest absolute Gasteiger partial charge is 0.344 e. The first-order valence-corrected chi connectivity index (χ1v) is 5.36. The molecule has 0 fully saturated rings. The molecule has 2 aromatic heterocycles. The molecule has 0 saturated carbocycles. The van der Waals surface area contributed by atoms with Gasteiger partial charge in [0.15, 0.2) is 0 Å². The molecule has 2 N–H and O–H groups in total. The third kappa shape index (κ3) is 2.00. The zero-order valence-electron chi connectivity index (χ0n) is 8.54. The number of hydrogen-bond acceptors (Lipinski definition) is 6. The Labute approximate surface area is 91.5 Å². The molecular formula is C9H12N4OS. The van der Waals surface area contributed by atoms with E-state index in [-0.39, 0.29) is 6.04 Å². The number of anilines is 1. The lowest BCUT2D eigenvalue weighted by molar-refractivity contribution is 0.368. The van der Waals surface area contributed by atoms with Crippen molar-refractivity contribution in [3.05, 3.63) is 28.3 Å². The quantitative estimate of drug-likeness (QED) is 0.849. The van der Waals surface area contributed by atoms with E-state index >= 15 is 0 Å². The van der Waals surface area contributed by atoms with E-state index in [0.29, 0.717) is 11.8 Å². The minimum atomic E-state index is -0.328. The Morgan fingerprint density at radius 3 is 2.87 bits per heavy atom. The number of aromatic nitrogens is 2. The lowest BCUT2D eigenvalue weighted by atomic mass is 10.2. The summed E-state index contributed by atoms with van der Waals surface area (Å²) in [5, 5.41) is 5.78. The highest BCUT2D eigenvalue weighted by Gasteiger charge is 2.17. The zero-order valence-corrected chi connectivity index (χ0v) is 9.36. The molecule has 0 bridgehead atoms. The van der Waals surface area contributed by atoms with Crippen LogP contribution in [0.4, 0.5) is 5.95 Å². The Morgan fingerprint density at radius 2 is 2.33 bits per heavy atom. The highest BCUT2D eigenvalue weighted by Crippen LogP contribution is 2.23. The summed E-state index contributed by atoms with van der Waals surface area (Å²) in [5.41, 5.74) is 5.97. The van der Waals surface area contributed by atoms with Crippen LogP contribution in [-0.2, 0) is 0 Å². The number of hydrogen-bond donors (Lipinski definition) is 1. The number of rotatable bonds is 3. The molecule has 6 heteroatoms. The standard InChI is InChI=1S/C9H12N4OS/c1-13(2)9-11-8(14-12-9)7(10)6-4-3-5-15-6/h3-5,7H,10H2,1-2H3. The van der Waals surface area contributed by atoms with Gasteiger partial charge in [-0.15, -0.1) is 11.3 Å². The van der Waals surface area contributed by atoms with Crippen molar-refractivity contribution >= 4 is 17.3 Å². The average molecular weight is 224 g/mol. The number of thiophene rings is 1. The molecule has 15 heavy (non-hydrogen) atoms. The van der Waals surface area contributed by atoms with E-state index in [1.165, 1.54) is 0 Å². The van der Waals surface area contributed by atoms with Crippen LogP contribution in [0.5, 0.6) is 0 Å². The Bertz CT molecular complexity index is 423. The minimum absolute atomic E-state index is 0.328. The third-order valence-corrected chi connectivity index (χ3v) is 2.90. The summed E-state index contributed by atoms with van der Waals surface area (Å²) in [4.78, 5) is 6.98. The van der Waals surface area contributed by atoms with Crippen LogP contribution in [0.15, 0.2) is 22.0 Å². The van der Waals surface area contributed by atoms with E-state index in [9.17, 15) is 0 Å². The van der Waals surface area contributed by atoms with Crippen molar-refractivity contribution in [2.75, 3.05) is 19.0 Å². The van der Waals surface area contributed by atoms with Gasteiger partial charge >= 0.3 is 0 Å². The van der Waals surface area contributed by atoms with Gasteiger partial charge in [0.2, 0.25) is 0 Å². The van der Waals surface area contributed by atoms with Crippen LogP contribution in [0, 0.1) is 0 Å². The highest BCUT2D eigenvalue weighted by atomic mass is 32.1. The van der Waals surface area contributed by atoms with Crippen molar-refractivity contribution < 1.29 is 4.52 Å². The molecular weight excluding hydrogens is 212 g/mol. The Kier molecular flexibility index (Phi) is 2.70. The summed E-state index contributed by atoms with van der Waals surface area (Å²) in [5.74, 6) is 0.984. The smallest absolute Gasteiger partial charge is 0.265 e. The monoisotopic (exact) mass is 224 g/mol. The van der Waals surface area contributed by atoms with Gasteiger partial charge in [0, 0.05) is 19.0 Å². The van der Waals surface area contributed by atoms with Crippen LogP contribution in [0.3, 0.4) is 0 Å². The van der Waals surface area contributed by atoms with Crippen LogP contribution >= 0.6 is 11.3 Å². The van der Waals surface area contributed by atoms with Crippen LogP contribution in [0.2, 0.25) is 0 Å². The van der Waals surface area contributed by atoms with E-state index < -0.39 is 0 Å². The van der Waals surface area contributed by atoms with Crippen LogP contribution < -0.4 is 10.6 Å². The van der Waals surface area contributed by atoms with Gasteiger partial charge in [-0.2, -0.15) is 4.98 Å². The molecule has 2 aromatic rings. The van der Waals surface area contributed by atoms with Crippen LogP contribution in [-0.4, -0.2) is 24.2 Å². The fourth-order valence-corrected chi connectivity index (χ4v) is 1.84. The molecule has 2 rings (SSSR count). The highest BCUT2D eigenvalue weighted by molar-refractivity contribution is 7.10. The predicted molar refractivity (Wildman–Crippen MR) is 59.0 cm³/mol. The first-order chi connectivity index (χ1) is 7.18. The van der Waals surface area contributed by atoms with Gasteiger partial charge < -0.3 is 15.2 Å². The van der Waals surface area contributed by atoms with Crippen molar-refractivity contribution in [2.45, 2.75) is 6.04 Å². The molecule has 0 aliphatic carbocycles. The summed E-state index contributed by atoms with van der Waals surface area (Å²) in [6.45, 7) is 0. The van der Waals surface area contributed by atoms with Crippen LogP contribution in [0.1, 0.15) is 16.8 Å². The Balaban J connectivity index is 2.23. The number of nitrogens with two attached hydrogens (primary N) is 1. The fourth-order valence-electron chi connectivity index (χ4n) is 1.12. The molecule has 80 valence electrons.